The van der Waals surface area contributed by atoms with Crippen molar-refractivity contribution in [2.24, 2.45) is 0 Å². The number of pyridine rings is 1. The number of amides is 1. The highest BCUT2D eigenvalue weighted by atomic mass is 16.1. The molecule has 5 nitrogen and oxygen atoms in total. The van der Waals surface area contributed by atoms with Crippen molar-refractivity contribution in [3.8, 4) is 22.5 Å². The molecule has 4 aromatic rings. The van der Waals surface area contributed by atoms with E-state index in [0.717, 1.165) is 35.4 Å². The predicted octanol–water partition coefficient (Wildman–Crippen LogP) is 4.85. The molecule has 1 aliphatic carbocycles. The molecule has 0 saturated heterocycles. The van der Waals surface area contributed by atoms with E-state index >= 15 is 0 Å². The third-order valence-corrected chi connectivity index (χ3v) is 6.24. The maximum absolute atomic E-state index is 12.5. The molecule has 5 rings (SSSR count). The lowest BCUT2D eigenvalue weighted by Crippen LogP contribution is -2.29. The zero-order valence-corrected chi connectivity index (χ0v) is 18.7. The Morgan fingerprint density at radius 1 is 0.879 bits per heavy atom. The van der Waals surface area contributed by atoms with Gasteiger partial charge in [0.2, 0.25) is 5.91 Å². The Balaban J connectivity index is 1.20. The first-order chi connectivity index (χ1) is 16.3. The molecule has 1 N–H and O–H groups in total. The highest BCUT2D eigenvalue weighted by Crippen LogP contribution is 2.30. The lowest BCUT2D eigenvalue weighted by molar-refractivity contribution is -0.120. The molecule has 0 saturated carbocycles. The van der Waals surface area contributed by atoms with E-state index in [-0.39, 0.29) is 5.91 Å². The summed E-state index contributed by atoms with van der Waals surface area (Å²) in [7, 11) is 0. The minimum absolute atomic E-state index is 0.0356. The van der Waals surface area contributed by atoms with Crippen molar-refractivity contribution >= 4 is 5.91 Å². The quantitative estimate of drug-likeness (QED) is 0.451. The van der Waals surface area contributed by atoms with Gasteiger partial charge < -0.3 is 5.32 Å². The molecule has 33 heavy (non-hydrogen) atoms. The number of benzene rings is 2. The van der Waals surface area contributed by atoms with Crippen LogP contribution in [-0.2, 0) is 30.6 Å². The van der Waals surface area contributed by atoms with Gasteiger partial charge in [0.15, 0.2) is 0 Å². The standard InChI is InChI=1S/C28H28N4O/c33-27(20-21-13-15-23(16-14-21)22-8-2-1-3-9-22)30-18-19-32-26-12-5-4-10-24(26)28(31-32)25-11-6-7-17-29-25/h1-3,6-9,11,13-17H,4-5,10,12,18-20H2,(H,30,33). The van der Waals surface area contributed by atoms with Crippen LogP contribution in [0.4, 0.5) is 0 Å². The van der Waals surface area contributed by atoms with E-state index in [1.807, 2.05) is 54.7 Å². The van der Waals surface area contributed by atoms with E-state index in [1.165, 1.54) is 29.7 Å². The maximum Gasteiger partial charge on any atom is 0.224 e. The average Bonchev–Trinajstić information content (AvgIpc) is 3.24. The Morgan fingerprint density at radius 2 is 1.64 bits per heavy atom. The number of hydrogen-bond acceptors (Lipinski definition) is 3. The van der Waals surface area contributed by atoms with Gasteiger partial charge >= 0.3 is 0 Å². The summed E-state index contributed by atoms with van der Waals surface area (Å²) in [5.74, 6) is 0.0356. The van der Waals surface area contributed by atoms with Crippen LogP contribution >= 0.6 is 0 Å². The average molecular weight is 437 g/mol. The van der Waals surface area contributed by atoms with Crippen LogP contribution in [0.1, 0.15) is 29.7 Å². The number of nitrogens with zero attached hydrogens (tertiary/aromatic N) is 3. The van der Waals surface area contributed by atoms with Crippen LogP contribution < -0.4 is 5.32 Å². The largest absolute Gasteiger partial charge is 0.354 e. The molecule has 0 bridgehead atoms. The van der Waals surface area contributed by atoms with Crippen molar-refractivity contribution in [3.63, 3.8) is 0 Å². The summed E-state index contributed by atoms with van der Waals surface area (Å²) >= 11 is 0. The van der Waals surface area contributed by atoms with Gasteiger partial charge in [-0.15, -0.1) is 0 Å². The molecule has 2 aromatic heterocycles. The van der Waals surface area contributed by atoms with Crippen molar-refractivity contribution in [2.45, 2.75) is 38.6 Å². The minimum atomic E-state index is 0.0356. The summed E-state index contributed by atoms with van der Waals surface area (Å²) in [4.78, 5) is 17.0. The first-order valence-corrected chi connectivity index (χ1v) is 11.7. The second kappa shape index (κ2) is 9.82. The molecule has 2 heterocycles. The summed E-state index contributed by atoms with van der Waals surface area (Å²) in [5.41, 5.74) is 7.90. The van der Waals surface area contributed by atoms with Crippen LogP contribution in [0, 0.1) is 0 Å². The zero-order chi connectivity index (χ0) is 22.5. The third kappa shape index (κ3) is 4.87. The van der Waals surface area contributed by atoms with E-state index in [0.29, 0.717) is 19.5 Å². The number of nitrogens with one attached hydrogen (secondary N) is 1. The summed E-state index contributed by atoms with van der Waals surface area (Å²) in [6.45, 7) is 1.24. The fourth-order valence-electron chi connectivity index (χ4n) is 4.56. The van der Waals surface area contributed by atoms with E-state index in [1.54, 1.807) is 0 Å². The van der Waals surface area contributed by atoms with Gasteiger partial charge in [-0.05, 0) is 54.5 Å². The van der Waals surface area contributed by atoms with Gasteiger partial charge in [-0.2, -0.15) is 5.10 Å². The minimum Gasteiger partial charge on any atom is -0.354 e. The van der Waals surface area contributed by atoms with E-state index in [4.69, 9.17) is 5.10 Å². The monoisotopic (exact) mass is 436 g/mol. The first kappa shape index (κ1) is 21.1. The molecular formula is C28H28N4O. The second-order valence-electron chi connectivity index (χ2n) is 8.51. The van der Waals surface area contributed by atoms with Gasteiger partial charge in [0.25, 0.3) is 0 Å². The summed E-state index contributed by atoms with van der Waals surface area (Å²) in [6, 6.07) is 24.4. The number of carbonyl (C=O) groups is 1. The Hall–Kier alpha value is -3.73. The molecule has 2 aromatic carbocycles. The number of fused-ring (bicyclic) bond motifs is 1. The van der Waals surface area contributed by atoms with Gasteiger partial charge in [-0.1, -0.05) is 60.7 Å². The number of rotatable bonds is 7. The molecule has 0 radical (unpaired) electrons. The van der Waals surface area contributed by atoms with Gasteiger partial charge in [0, 0.05) is 24.0 Å². The van der Waals surface area contributed by atoms with E-state index in [9.17, 15) is 4.79 Å². The smallest absolute Gasteiger partial charge is 0.224 e. The SMILES string of the molecule is O=C(Cc1ccc(-c2ccccc2)cc1)NCCn1nc(-c2ccccn2)c2c1CCCC2. The van der Waals surface area contributed by atoms with Crippen molar-refractivity contribution < 1.29 is 4.79 Å². The molecule has 0 unspecified atom stereocenters. The summed E-state index contributed by atoms with van der Waals surface area (Å²) < 4.78 is 2.08. The number of carbonyl (C=O) groups excluding carboxylic acids is 1. The highest BCUT2D eigenvalue weighted by Gasteiger charge is 2.22. The van der Waals surface area contributed by atoms with Crippen LogP contribution in [0.3, 0.4) is 0 Å². The van der Waals surface area contributed by atoms with Crippen molar-refractivity contribution in [2.75, 3.05) is 6.54 Å². The molecular weight excluding hydrogens is 408 g/mol. The molecule has 0 fully saturated rings. The summed E-state index contributed by atoms with van der Waals surface area (Å²) in [5, 5.41) is 7.95. The number of aromatic nitrogens is 3. The van der Waals surface area contributed by atoms with Crippen LogP contribution in [-0.4, -0.2) is 27.2 Å². The fourth-order valence-corrected chi connectivity index (χ4v) is 4.56. The van der Waals surface area contributed by atoms with Crippen LogP contribution in [0.15, 0.2) is 79.0 Å². The van der Waals surface area contributed by atoms with Crippen LogP contribution in [0.25, 0.3) is 22.5 Å². The van der Waals surface area contributed by atoms with Gasteiger partial charge in [-0.3, -0.25) is 14.5 Å². The molecule has 5 heteroatoms. The van der Waals surface area contributed by atoms with Crippen molar-refractivity contribution in [1.29, 1.82) is 0 Å². The lowest BCUT2D eigenvalue weighted by atomic mass is 9.95. The fraction of sp³-hybridized carbons (Fsp3) is 0.250. The maximum atomic E-state index is 12.5. The first-order valence-electron chi connectivity index (χ1n) is 11.7. The lowest BCUT2D eigenvalue weighted by Gasteiger charge is -2.14. The topological polar surface area (TPSA) is 59.8 Å². The van der Waals surface area contributed by atoms with Crippen molar-refractivity contribution in [1.82, 2.24) is 20.1 Å². The van der Waals surface area contributed by atoms with Crippen LogP contribution in [0.2, 0.25) is 0 Å². The van der Waals surface area contributed by atoms with Gasteiger partial charge in [0.1, 0.15) is 5.69 Å². The number of hydrogen-bond donors (Lipinski definition) is 1. The van der Waals surface area contributed by atoms with Crippen LogP contribution in [0.5, 0.6) is 0 Å². The van der Waals surface area contributed by atoms with E-state index < -0.39 is 0 Å². The highest BCUT2D eigenvalue weighted by molar-refractivity contribution is 5.78. The molecule has 0 spiro atoms. The molecule has 1 aliphatic rings. The third-order valence-electron chi connectivity index (χ3n) is 6.24. The predicted molar refractivity (Wildman–Crippen MR) is 131 cm³/mol. The van der Waals surface area contributed by atoms with E-state index in [2.05, 4.69) is 39.2 Å². The summed E-state index contributed by atoms with van der Waals surface area (Å²) in [6.07, 6.45) is 6.66. The Kier molecular flexibility index (Phi) is 6.29. The second-order valence-corrected chi connectivity index (χ2v) is 8.51. The molecule has 0 atom stereocenters. The van der Waals surface area contributed by atoms with Crippen molar-refractivity contribution in [3.05, 3.63) is 95.8 Å². The molecule has 1 amide bonds. The van der Waals surface area contributed by atoms with Gasteiger partial charge in [0.05, 0.1) is 18.7 Å². The Morgan fingerprint density at radius 3 is 2.42 bits per heavy atom. The van der Waals surface area contributed by atoms with Gasteiger partial charge in [-0.25, -0.2) is 0 Å². The zero-order valence-electron chi connectivity index (χ0n) is 18.7. The molecule has 0 aliphatic heterocycles. The Bertz CT molecular complexity index is 1210. The normalized spacial score (nSPS) is 12.8. The Labute approximate surface area is 194 Å². The molecule has 166 valence electrons.